The number of halogens is 1. The van der Waals surface area contributed by atoms with E-state index in [4.69, 9.17) is 11.6 Å². The molecule has 0 radical (unpaired) electrons. The number of rotatable bonds is 4. The van der Waals surface area contributed by atoms with E-state index in [0.29, 0.717) is 6.04 Å². The smallest absolute Gasteiger partial charge is 0.135 e. The third-order valence-corrected chi connectivity index (χ3v) is 3.54. The SMILES string of the molecule is Cc1c(Cl)cccc1Nc1cc(NC2CC2)ncn1. The van der Waals surface area contributed by atoms with Crippen molar-refractivity contribution in [3.8, 4) is 0 Å². The summed E-state index contributed by atoms with van der Waals surface area (Å²) in [5.74, 6) is 1.63. The number of anilines is 3. The highest BCUT2D eigenvalue weighted by Crippen LogP contribution is 2.27. The Kier molecular flexibility index (Phi) is 3.25. The molecule has 0 bridgehead atoms. The minimum atomic E-state index is 0.579. The van der Waals surface area contributed by atoms with Crippen LogP contribution >= 0.6 is 11.6 Å². The molecule has 2 aromatic rings. The molecule has 0 amide bonds. The number of hydrogen-bond acceptors (Lipinski definition) is 4. The Morgan fingerprint density at radius 2 is 2.00 bits per heavy atom. The standard InChI is InChI=1S/C14H15ClN4/c1-9-11(15)3-2-4-12(9)19-14-7-13(16-8-17-14)18-10-5-6-10/h2-4,7-8,10H,5-6H2,1H3,(H2,16,17,18,19). The summed E-state index contributed by atoms with van der Waals surface area (Å²) in [6, 6.07) is 8.27. The molecule has 1 saturated carbocycles. The Morgan fingerprint density at radius 3 is 2.79 bits per heavy atom. The first-order valence-corrected chi connectivity index (χ1v) is 6.71. The molecule has 0 spiro atoms. The van der Waals surface area contributed by atoms with Gasteiger partial charge in [0.05, 0.1) is 0 Å². The van der Waals surface area contributed by atoms with E-state index in [0.717, 1.165) is 27.9 Å². The van der Waals surface area contributed by atoms with Crippen molar-refractivity contribution >= 4 is 28.9 Å². The van der Waals surface area contributed by atoms with Crippen molar-refractivity contribution in [2.75, 3.05) is 10.6 Å². The maximum Gasteiger partial charge on any atom is 0.135 e. The van der Waals surface area contributed by atoms with Crippen LogP contribution < -0.4 is 10.6 Å². The highest BCUT2D eigenvalue weighted by atomic mass is 35.5. The van der Waals surface area contributed by atoms with Crippen LogP contribution in [-0.2, 0) is 0 Å². The maximum atomic E-state index is 6.10. The summed E-state index contributed by atoms with van der Waals surface area (Å²) >= 11 is 6.10. The fourth-order valence-electron chi connectivity index (χ4n) is 1.82. The van der Waals surface area contributed by atoms with Crippen molar-refractivity contribution in [1.29, 1.82) is 0 Å². The average Bonchev–Trinajstić information content (AvgIpc) is 3.19. The van der Waals surface area contributed by atoms with Crippen LogP contribution in [0.2, 0.25) is 5.02 Å². The van der Waals surface area contributed by atoms with Crippen molar-refractivity contribution < 1.29 is 0 Å². The van der Waals surface area contributed by atoms with Crippen LogP contribution in [0.3, 0.4) is 0 Å². The lowest BCUT2D eigenvalue weighted by molar-refractivity contribution is 1.08. The summed E-state index contributed by atoms with van der Waals surface area (Å²) < 4.78 is 0. The van der Waals surface area contributed by atoms with E-state index in [9.17, 15) is 0 Å². The first kappa shape index (κ1) is 12.2. The van der Waals surface area contributed by atoms with Gasteiger partial charge >= 0.3 is 0 Å². The van der Waals surface area contributed by atoms with Crippen molar-refractivity contribution in [1.82, 2.24) is 9.97 Å². The van der Waals surface area contributed by atoms with E-state index >= 15 is 0 Å². The van der Waals surface area contributed by atoms with Crippen LogP contribution in [-0.4, -0.2) is 16.0 Å². The maximum absolute atomic E-state index is 6.10. The van der Waals surface area contributed by atoms with Crippen LogP contribution in [0.5, 0.6) is 0 Å². The highest BCUT2D eigenvalue weighted by molar-refractivity contribution is 6.31. The number of aromatic nitrogens is 2. The predicted octanol–water partition coefficient (Wildman–Crippen LogP) is 3.76. The molecule has 0 unspecified atom stereocenters. The number of nitrogens with zero attached hydrogens (tertiary/aromatic N) is 2. The molecule has 1 aliphatic rings. The van der Waals surface area contributed by atoms with E-state index in [1.54, 1.807) is 6.33 Å². The third kappa shape index (κ3) is 2.96. The summed E-state index contributed by atoms with van der Waals surface area (Å²) in [6.45, 7) is 1.98. The minimum Gasteiger partial charge on any atom is -0.367 e. The van der Waals surface area contributed by atoms with E-state index in [2.05, 4.69) is 20.6 Å². The Hall–Kier alpha value is -1.81. The summed E-state index contributed by atoms with van der Waals surface area (Å²) in [5, 5.41) is 7.37. The van der Waals surface area contributed by atoms with Gasteiger partial charge in [0, 0.05) is 22.8 Å². The van der Waals surface area contributed by atoms with Crippen LogP contribution in [0.25, 0.3) is 0 Å². The first-order valence-electron chi connectivity index (χ1n) is 6.33. The second-order valence-electron chi connectivity index (χ2n) is 4.74. The van der Waals surface area contributed by atoms with Gasteiger partial charge < -0.3 is 10.6 Å². The van der Waals surface area contributed by atoms with Crippen LogP contribution in [0.1, 0.15) is 18.4 Å². The van der Waals surface area contributed by atoms with E-state index < -0.39 is 0 Å². The molecule has 1 heterocycles. The number of hydrogen-bond donors (Lipinski definition) is 2. The van der Waals surface area contributed by atoms with Crippen LogP contribution in [0, 0.1) is 6.92 Å². The molecule has 1 aromatic carbocycles. The normalized spacial score (nSPS) is 14.2. The monoisotopic (exact) mass is 274 g/mol. The zero-order valence-electron chi connectivity index (χ0n) is 10.7. The van der Waals surface area contributed by atoms with Gasteiger partial charge in [-0.1, -0.05) is 17.7 Å². The average molecular weight is 275 g/mol. The molecule has 2 N–H and O–H groups in total. The van der Waals surface area contributed by atoms with Crippen LogP contribution in [0.4, 0.5) is 17.3 Å². The van der Waals surface area contributed by atoms with Crippen molar-refractivity contribution in [2.24, 2.45) is 0 Å². The lowest BCUT2D eigenvalue weighted by atomic mass is 10.2. The van der Waals surface area contributed by atoms with E-state index in [1.807, 2.05) is 31.2 Å². The molecule has 5 heteroatoms. The Bertz CT molecular complexity index is 596. The van der Waals surface area contributed by atoms with Gasteiger partial charge in [0.2, 0.25) is 0 Å². The molecule has 98 valence electrons. The summed E-state index contributed by atoms with van der Waals surface area (Å²) in [7, 11) is 0. The molecule has 0 atom stereocenters. The van der Waals surface area contributed by atoms with Gasteiger partial charge in [-0.25, -0.2) is 9.97 Å². The van der Waals surface area contributed by atoms with Crippen molar-refractivity contribution in [3.05, 3.63) is 41.2 Å². The molecule has 1 aromatic heterocycles. The third-order valence-electron chi connectivity index (χ3n) is 3.13. The van der Waals surface area contributed by atoms with Crippen molar-refractivity contribution in [2.45, 2.75) is 25.8 Å². The molecule has 4 nitrogen and oxygen atoms in total. The molecule has 0 saturated heterocycles. The number of nitrogens with one attached hydrogen (secondary N) is 2. The quantitative estimate of drug-likeness (QED) is 0.891. The second-order valence-corrected chi connectivity index (χ2v) is 5.15. The van der Waals surface area contributed by atoms with Crippen molar-refractivity contribution in [3.63, 3.8) is 0 Å². The molecule has 3 rings (SSSR count). The van der Waals surface area contributed by atoms with Gasteiger partial charge in [-0.05, 0) is 37.5 Å². The lowest BCUT2D eigenvalue weighted by Gasteiger charge is -2.11. The molecule has 1 fully saturated rings. The van der Waals surface area contributed by atoms with Gasteiger partial charge in [0.1, 0.15) is 18.0 Å². The zero-order chi connectivity index (χ0) is 13.2. The van der Waals surface area contributed by atoms with Gasteiger partial charge in [-0.2, -0.15) is 0 Å². The van der Waals surface area contributed by atoms with E-state index in [-0.39, 0.29) is 0 Å². The lowest BCUT2D eigenvalue weighted by Crippen LogP contribution is -2.04. The van der Waals surface area contributed by atoms with E-state index in [1.165, 1.54) is 12.8 Å². The highest BCUT2D eigenvalue weighted by Gasteiger charge is 2.21. The predicted molar refractivity (Wildman–Crippen MR) is 78.1 cm³/mol. The van der Waals surface area contributed by atoms with Gasteiger partial charge in [0.15, 0.2) is 0 Å². The largest absolute Gasteiger partial charge is 0.367 e. The Morgan fingerprint density at radius 1 is 1.21 bits per heavy atom. The molecular formula is C14H15ClN4. The summed E-state index contributed by atoms with van der Waals surface area (Å²) in [5.41, 5.74) is 1.98. The Labute approximate surface area is 117 Å². The van der Waals surface area contributed by atoms with Gasteiger partial charge in [-0.3, -0.25) is 0 Å². The zero-order valence-corrected chi connectivity index (χ0v) is 11.4. The fraction of sp³-hybridized carbons (Fsp3) is 0.286. The molecular weight excluding hydrogens is 260 g/mol. The number of benzene rings is 1. The fourth-order valence-corrected chi connectivity index (χ4v) is 2.00. The minimum absolute atomic E-state index is 0.579. The van der Waals surface area contributed by atoms with Gasteiger partial charge in [0.25, 0.3) is 0 Å². The topological polar surface area (TPSA) is 49.8 Å². The molecule has 0 aliphatic heterocycles. The molecule has 1 aliphatic carbocycles. The summed E-state index contributed by atoms with van der Waals surface area (Å²) in [4.78, 5) is 8.44. The first-order chi connectivity index (χ1) is 9.22. The second kappa shape index (κ2) is 5.05. The Balaban J connectivity index is 1.80. The van der Waals surface area contributed by atoms with Gasteiger partial charge in [-0.15, -0.1) is 0 Å². The summed E-state index contributed by atoms with van der Waals surface area (Å²) in [6.07, 6.45) is 4.01. The molecule has 19 heavy (non-hydrogen) atoms. The van der Waals surface area contributed by atoms with Crippen LogP contribution in [0.15, 0.2) is 30.6 Å².